The number of carbonyl (C=O) groups is 2. The minimum atomic E-state index is -4.34. The first kappa shape index (κ1) is 23.1. The van der Waals surface area contributed by atoms with Crippen LogP contribution in [0.15, 0.2) is 24.3 Å². The Morgan fingerprint density at radius 3 is 2.03 bits per heavy atom. The lowest BCUT2D eigenvalue weighted by Gasteiger charge is -2.56. The number of hydrogen-bond donors (Lipinski definition) is 2. The maximum atomic E-state index is 12.5. The van der Waals surface area contributed by atoms with Crippen molar-refractivity contribution in [2.45, 2.75) is 64.3 Å². The van der Waals surface area contributed by atoms with Crippen molar-refractivity contribution in [1.82, 2.24) is 10.6 Å². The number of carbonyl (C=O) groups excluding carboxylic acids is 2. The van der Waals surface area contributed by atoms with Crippen molar-refractivity contribution in [3.05, 3.63) is 35.4 Å². The van der Waals surface area contributed by atoms with Gasteiger partial charge in [0.2, 0.25) is 11.8 Å². The fraction of sp³-hybridized carbons (Fsp3) is 0.667. The summed E-state index contributed by atoms with van der Waals surface area (Å²) in [6.45, 7) is -1.16. The Kier molecular flexibility index (Phi) is 6.79. The zero-order valence-corrected chi connectivity index (χ0v) is 18.2. The Morgan fingerprint density at radius 1 is 0.906 bits per heavy atom. The van der Waals surface area contributed by atoms with E-state index in [9.17, 15) is 22.8 Å². The maximum absolute atomic E-state index is 12.5. The van der Waals surface area contributed by atoms with E-state index in [4.69, 9.17) is 0 Å². The number of rotatable bonds is 9. The largest absolute Gasteiger partial charge is 0.411 e. The zero-order chi connectivity index (χ0) is 22.8. The van der Waals surface area contributed by atoms with Gasteiger partial charge in [0.1, 0.15) is 6.61 Å². The lowest BCUT2D eigenvalue weighted by molar-refractivity contribution is -0.176. The topological polar surface area (TPSA) is 67.4 Å². The first-order chi connectivity index (χ1) is 15.2. The van der Waals surface area contributed by atoms with Gasteiger partial charge in [-0.3, -0.25) is 9.59 Å². The predicted octanol–water partition coefficient (Wildman–Crippen LogP) is 4.10. The van der Waals surface area contributed by atoms with Gasteiger partial charge >= 0.3 is 6.18 Å². The molecule has 2 N–H and O–H groups in total. The van der Waals surface area contributed by atoms with Crippen LogP contribution in [0.25, 0.3) is 0 Å². The van der Waals surface area contributed by atoms with Crippen molar-refractivity contribution < 1.29 is 27.5 Å². The molecule has 4 fully saturated rings. The summed E-state index contributed by atoms with van der Waals surface area (Å²) in [7, 11) is 0. The predicted molar refractivity (Wildman–Crippen MR) is 112 cm³/mol. The molecule has 32 heavy (non-hydrogen) atoms. The molecule has 5 rings (SSSR count). The molecule has 0 aromatic heterocycles. The van der Waals surface area contributed by atoms with Gasteiger partial charge in [0, 0.05) is 13.0 Å². The minimum Gasteiger partial charge on any atom is -0.367 e. The molecule has 4 saturated carbocycles. The van der Waals surface area contributed by atoms with Gasteiger partial charge in [-0.1, -0.05) is 24.3 Å². The average Bonchev–Trinajstić information content (AvgIpc) is 2.69. The van der Waals surface area contributed by atoms with Crippen LogP contribution in [-0.4, -0.2) is 31.1 Å². The Balaban J connectivity index is 1.14. The molecule has 0 aliphatic heterocycles. The highest BCUT2D eigenvalue weighted by Gasteiger charge is 2.51. The summed E-state index contributed by atoms with van der Waals surface area (Å²) in [6, 6.07) is 6.81. The van der Waals surface area contributed by atoms with Gasteiger partial charge in [-0.2, -0.15) is 13.2 Å². The van der Waals surface area contributed by atoms with Crippen LogP contribution < -0.4 is 10.6 Å². The first-order valence-electron chi connectivity index (χ1n) is 11.4. The number of benzene rings is 1. The number of nitrogens with one attached hydrogen (secondary N) is 2. The van der Waals surface area contributed by atoms with Gasteiger partial charge in [-0.25, -0.2) is 0 Å². The number of alkyl halides is 3. The van der Waals surface area contributed by atoms with E-state index in [1.165, 1.54) is 19.3 Å². The van der Waals surface area contributed by atoms with Gasteiger partial charge in [0.05, 0.1) is 13.2 Å². The Bertz CT molecular complexity index is 787. The van der Waals surface area contributed by atoms with Crippen LogP contribution in [0.3, 0.4) is 0 Å². The quantitative estimate of drug-likeness (QED) is 0.593. The molecule has 4 aliphatic rings. The molecule has 4 aliphatic carbocycles. The summed E-state index contributed by atoms with van der Waals surface area (Å²) < 4.78 is 41.0. The van der Waals surface area contributed by atoms with Gasteiger partial charge in [0.15, 0.2) is 0 Å². The van der Waals surface area contributed by atoms with E-state index in [1.807, 2.05) is 0 Å². The number of ether oxygens (including phenoxy) is 1. The molecule has 0 saturated heterocycles. The van der Waals surface area contributed by atoms with E-state index in [1.54, 1.807) is 24.3 Å². The Morgan fingerprint density at radius 2 is 1.47 bits per heavy atom. The number of hydrogen-bond acceptors (Lipinski definition) is 3. The minimum absolute atomic E-state index is 0.0368. The second-order valence-electron chi connectivity index (χ2n) is 10.1. The molecule has 1 aromatic carbocycles. The normalized spacial score (nSPS) is 28.5. The highest BCUT2D eigenvalue weighted by Crippen LogP contribution is 2.61. The lowest BCUT2D eigenvalue weighted by atomic mass is 9.49. The molecule has 5 nitrogen and oxygen atoms in total. The van der Waals surface area contributed by atoms with Gasteiger partial charge in [-0.15, -0.1) is 0 Å². The van der Waals surface area contributed by atoms with Crippen molar-refractivity contribution >= 4 is 11.8 Å². The van der Waals surface area contributed by atoms with Crippen molar-refractivity contribution in [2.75, 3.05) is 13.2 Å². The van der Waals surface area contributed by atoms with Gasteiger partial charge in [-0.05, 0) is 72.8 Å². The number of halogens is 3. The second-order valence-corrected chi connectivity index (χ2v) is 10.1. The summed E-state index contributed by atoms with van der Waals surface area (Å²) in [5.74, 6) is 2.08. The molecule has 176 valence electrons. The summed E-state index contributed by atoms with van der Waals surface area (Å²) in [5.41, 5.74) is 1.60. The Hall–Kier alpha value is -2.09. The van der Waals surface area contributed by atoms with E-state index in [0.29, 0.717) is 12.0 Å². The van der Waals surface area contributed by atoms with Crippen LogP contribution >= 0.6 is 0 Å². The molecule has 0 spiro atoms. The van der Waals surface area contributed by atoms with E-state index < -0.39 is 12.8 Å². The maximum Gasteiger partial charge on any atom is 0.411 e. The fourth-order valence-electron chi connectivity index (χ4n) is 6.39. The third-order valence-electron chi connectivity index (χ3n) is 7.19. The highest BCUT2D eigenvalue weighted by atomic mass is 19.4. The molecular formula is C24H31F3N2O3. The smallest absolute Gasteiger partial charge is 0.367 e. The summed E-state index contributed by atoms with van der Waals surface area (Å²) in [6.07, 6.45) is 3.69. The fourth-order valence-corrected chi connectivity index (χ4v) is 6.39. The van der Waals surface area contributed by atoms with Crippen LogP contribution in [0.4, 0.5) is 13.2 Å². The molecule has 8 heteroatoms. The van der Waals surface area contributed by atoms with Crippen molar-refractivity contribution in [3.63, 3.8) is 0 Å². The molecule has 2 amide bonds. The van der Waals surface area contributed by atoms with E-state index in [2.05, 4.69) is 15.4 Å². The van der Waals surface area contributed by atoms with Crippen LogP contribution in [-0.2, 0) is 27.5 Å². The highest BCUT2D eigenvalue weighted by molar-refractivity contribution is 5.84. The van der Waals surface area contributed by atoms with Crippen LogP contribution in [0.5, 0.6) is 0 Å². The second kappa shape index (κ2) is 9.41. The molecule has 1 aromatic rings. The van der Waals surface area contributed by atoms with Crippen molar-refractivity contribution in [3.8, 4) is 0 Å². The lowest BCUT2D eigenvalue weighted by Crippen LogP contribution is -2.48. The third-order valence-corrected chi connectivity index (χ3v) is 7.19. The Labute approximate surface area is 186 Å². The van der Waals surface area contributed by atoms with Crippen LogP contribution in [0.1, 0.15) is 56.1 Å². The van der Waals surface area contributed by atoms with E-state index in [0.717, 1.165) is 42.6 Å². The molecular weight excluding hydrogens is 421 g/mol. The molecule has 0 heterocycles. The summed E-state index contributed by atoms with van der Waals surface area (Å²) >= 11 is 0. The SMILES string of the molecule is O=C(CNC(=O)CC12CC3CC(CC(C3)C1)C2)NCc1ccc(COCC(F)(F)F)cc1. The van der Waals surface area contributed by atoms with Crippen LogP contribution in [0, 0.1) is 23.2 Å². The van der Waals surface area contributed by atoms with Gasteiger partial charge in [0.25, 0.3) is 0 Å². The van der Waals surface area contributed by atoms with Crippen LogP contribution in [0.2, 0.25) is 0 Å². The van der Waals surface area contributed by atoms with E-state index >= 15 is 0 Å². The van der Waals surface area contributed by atoms with Gasteiger partial charge < -0.3 is 15.4 Å². The standard InChI is InChI=1S/C24H31F3N2O3/c25-24(26,27)15-32-14-17-3-1-16(2-4-17)12-28-22(31)13-29-21(30)11-23-8-18-5-19(9-23)7-20(6-18)10-23/h1-4,18-20H,5-15H2,(H,28,31)(H,29,30). The third kappa shape index (κ3) is 6.24. The molecule has 0 atom stereocenters. The number of amides is 2. The monoisotopic (exact) mass is 452 g/mol. The molecule has 4 bridgehead atoms. The first-order valence-corrected chi connectivity index (χ1v) is 11.4. The summed E-state index contributed by atoms with van der Waals surface area (Å²) in [4.78, 5) is 24.7. The molecule has 0 radical (unpaired) electrons. The molecule has 0 unspecified atom stereocenters. The van der Waals surface area contributed by atoms with Crippen molar-refractivity contribution in [1.29, 1.82) is 0 Å². The summed E-state index contributed by atoms with van der Waals surface area (Å²) in [5, 5.41) is 5.54. The zero-order valence-electron chi connectivity index (χ0n) is 18.2. The van der Waals surface area contributed by atoms with E-state index in [-0.39, 0.29) is 36.9 Å². The van der Waals surface area contributed by atoms with Crippen molar-refractivity contribution in [2.24, 2.45) is 23.2 Å². The average molecular weight is 453 g/mol.